The van der Waals surface area contributed by atoms with Crippen LogP contribution in [0.15, 0.2) is 18.2 Å². The molecule has 3 heteroatoms. The zero-order valence-corrected chi connectivity index (χ0v) is 13.0. The Bertz CT molecular complexity index is 417. The Morgan fingerprint density at radius 1 is 1.37 bits per heavy atom. The van der Waals surface area contributed by atoms with Crippen LogP contribution in [0.5, 0.6) is 0 Å². The largest absolute Gasteiger partial charge is 0.369 e. The van der Waals surface area contributed by atoms with E-state index in [-0.39, 0.29) is 0 Å². The van der Waals surface area contributed by atoms with Gasteiger partial charge in [0.15, 0.2) is 0 Å². The van der Waals surface area contributed by atoms with Gasteiger partial charge in [0.1, 0.15) is 0 Å². The molecule has 1 aliphatic rings. The molecule has 1 atom stereocenters. The molecule has 19 heavy (non-hydrogen) atoms. The molecular weight excluding hydrogens is 256 g/mol. The Balaban J connectivity index is 2.09. The molecule has 1 aromatic carbocycles. The summed E-state index contributed by atoms with van der Waals surface area (Å²) >= 11 is 6.41. The van der Waals surface area contributed by atoms with Gasteiger partial charge in [-0.3, -0.25) is 0 Å². The maximum atomic E-state index is 6.41. The van der Waals surface area contributed by atoms with Crippen LogP contribution >= 0.6 is 11.6 Å². The molecule has 0 radical (unpaired) electrons. The fourth-order valence-electron chi connectivity index (χ4n) is 2.65. The Morgan fingerprint density at radius 2 is 2.16 bits per heavy atom. The predicted octanol–water partition coefficient (Wildman–Crippen LogP) is 4.22. The highest BCUT2D eigenvalue weighted by atomic mass is 35.5. The normalized spacial score (nSPS) is 20.1. The third-order valence-corrected chi connectivity index (χ3v) is 4.22. The van der Waals surface area contributed by atoms with Gasteiger partial charge in [-0.15, -0.1) is 0 Å². The molecular formula is C16H25ClN2. The molecule has 1 unspecified atom stereocenters. The van der Waals surface area contributed by atoms with E-state index in [2.05, 4.69) is 49.2 Å². The van der Waals surface area contributed by atoms with Crippen molar-refractivity contribution in [3.05, 3.63) is 28.8 Å². The molecule has 106 valence electrons. The van der Waals surface area contributed by atoms with Crippen LogP contribution in [-0.2, 0) is 6.54 Å². The number of hydrogen-bond donors (Lipinski definition) is 1. The summed E-state index contributed by atoms with van der Waals surface area (Å²) in [5, 5.41) is 4.29. The highest BCUT2D eigenvalue weighted by molar-refractivity contribution is 6.31. The lowest BCUT2D eigenvalue weighted by Gasteiger charge is -2.35. The van der Waals surface area contributed by atoms with Crippen molar-refractivity contribution in [3.8, 4) is 0 Å². The fourth-order valence-corrected chi connectivity index (χ4v) is 2.90. The molecule has 1 N–H and O–H groups in total. The molecule has 0 bridgehead atoms. The topological polar surface area (TPSA) is 15.3 Å². The Morgan fingerprint density at radius 3 is 2.79 bits per heavy atom. The summed E-state index contributed by atoms with van der Waals surface area (Å²) in [7, 11) is 0. The van der Waals surface area contributed by atoms with Crippen molar-refractivity contribution in [1.82, 2.24) is 5.32 Å². The monoisotopic (exact) mass is 280 g/mol. The van der Waals surface area contributed by atoms with E-state index < -0.39 is 0 Å². The third kappa shape index (κ3) is 3.87. The molecule has 1 saturated heterocycles. The van der Waals surface area contributed by atoms with E-state index >= 15 is 0 Å². The van der Waals surface area contributed by atoms with Gasteiger partial charge >= 0.3 is 0 Å². The summed E-state index contributed by atoms with van der Waals surface area (Å²) < 4.78 is 0. The smallest absolute Gasteiger partial charge is 0.0471 e. The van der Waals surface area contributed by atoms with Gasteiger partial charge in [0.2, 0.25) is 0 Å². The number of anilines is 1. The molecule has 0 amide bonds. The number of nitrogens with one attached hydrogen (secondary N) is 1. The number of hydrogen-bond acceptors (Lipinski definition) is 2. The number of halogens is 1. The number of nitrogens with zero attached hydrogens (tertiary/aromatic N) is 1. The van der Waals surface area contributed by atoms with Crippen LogP contribution in [0.25, 0.3) is 0 Å². The minimum Gasteiger partial charge on any atom is -0.369 e. The quantitative estimate of drug-likeness (QED) is 0.888. The van der Waals surface area contributed by atoms with E-state index in [0.29, 0.717) is 12.1 Å². The minimum atomic E-state index is 0.484. The second-order valence-corrected chi connectivity index (χ2v) is 6.26. The first-order valence-corrected chi connectivity index (χ1v) is 7.74. The van der Waals surface area contributed by atoms with E-state index in [1.165, 1.54) is 30.5 Å². The van der Waals surface area contributed by atoms with Crippen molar-refractivity contribution in [1.29, 1.82) is 0 Å². The number of piperidine rings is 1. The van der Waals surface area contributed by atoms with Crippen molar-refractivity contribution < 1.29 is 0 Å². The average Bonchev–Trinajstić information content (AvgIpc) is 2.37. The second kappa shape index (κ2) is 6.62. The number of benzene rings is 1. The van der Waals surface area contributed by atoms with Crippen molar-refractivity contribution in [2.45, 2.75) is 58.7 Å². The van der Waals surface area contributed by atoms with E-state index in [1.54, 1.807) is 0 Å². The van der Waals surface area contributed by atoms with Crippen LogP contribution in [0.1, 0.15) is 45.6 Å². The Labute approximate surface area is 122 Å². The van der Waals surface area contributed by atoms with Gasteiger partial charge in [0.05, 0.1) is 0 Å². The van der Waals surface area contributed by atoms with Crippen LogP contribution in [0.2, 0.25) is 5.02 Å². The van der Waals surface area contributed by atoms with Crippen molar-refractivity contribution in [3.63, 3.8) is 0 Å². The molecule has 1 aromatic rings. The first kappa shape index (κ1) is 14.7. The van der Waals surface area contributed by atoms with Gasteiger partial charge < -0.3 is 10.2 Å². The van der Waals surface area contributed by atoms with Gasteiger partial charge in [-0.2, -0.15) is 0 Å². The lowest BCUT2D eigenvalue weighted by atomic mass is 10.0. The van der Waals surface area contributed by atoms with Gasteiger partial charge in [-0.1, -0.05) is 31.5 Å². The molecule has 0 aromatic heterocycles. The lowest BCUT2D eigenvalue weighted by Crippen LogP contribution is -2.37. The minimum absolute atomic E-state index is 0.484. The molecule has 1 fully saturated rings. The first-order valence-electron chi connectivity index (χ1n) is 7.36. The third-order valence-electron chi connectivity index (χ3n) is 3.87. The molecule has 0 aliphatic carbocycles. The molecule has 0 spiro atoms. The standard InChI is InChI=1S/C16H25ClN2/c1-12(2)18-11-14-7-8-15(10-16(14)17)19-9-5-4-6-13(19)3/h7-8,10,12-13,18H,4-6,9,11H2,1-3H3. The van der Waals surface area contributed by atoms with Gasteiger partial charge in [-0.05, 0) is 43.9 Å². The van der Waals surface area contributed by atoms with Crippen LogP contribution in [-0.4, -0.2) is 18.6 Å². The molecule has 2 rings (SSSR count). The Hall–Kier alpha value is -0.730. The van der Waals surface area contributed by atoms with Gasteiger partial charge in [0.25, 0.3) is 0 Å². The van der Waals surface area contributed by atoms with Crippen molar-refractivity contribution in [2.75, 3.05) is 11.4 Å². The molecule has 2 nitrogen and oxygen atoms in total. The van der Waals surface area contributed by atoms with Gasteiger partial charge in [0, 0.05) is 35.9 Å². The zero-order chi connectivity index (χ0) is 13.8. The van der Waals surface area contributed by atoms with Crippen LogP contribution < -0.4 is 10.2 Å². The summed E-state index contributed by atoms with van der Waals surface area (Å²) in [6.07, 6.45) is 3.93. The number of rotatable bonds is 4. The maximum absolute atomic E-state index is 6.41. The SMILES string of the molecule is CC(C)NCc1ccc(N2CCCCC2C)cc1Cl. The fraction of sp³-hybridized carbons (Fsp3) is 0.625. The summed E-state index contributed by atoms with van der Waals surface area (Å²) in [6.45, 7) is 8.60. The highest BCUT2D eigenvalue weighted by Crippen LogP contribution is 2.28. The van der Waals surface area contributed by atoms with Crippen LogP contribution in [0.3, 0.4) is 0 Å². The van der Waals surface area contributed by atoms with Crippen molar-refractivity contribution >= 4 is 17.3 Å². The van der Waals surface area contributed by atoms with E-state index in [4.69, 9.17) is 11.6 Å². The summed E-state index contributed by atoms with van der Waals surface area (Å²) in [4.78, 5) is 2.48. The van der Waals surface area contributed by atoms with Crippen LogP contribution in [0, 0.1) is 0 Å². The lowest BCUT2D eigenvalue weighted by molar-refractivity contribution is 0.485. The van der Waals surface area contributed by atoms with E-state index in [9.17, 15) is 0 Å². The highest BCUT2D eigenvalue weighted by Gasteiger charge is 2.19. The predicted molar refractivity (Wildman–Crippen MR) is 84.1 cm³/mol. The summed E-state index contributed by atoms with van der Waals surface area (Å²) in [5.41, 5.74) is 2.45. The summed E-state index contributed by atoms with van der Waals surface area (Å²) in [5.74, 6) is 0. The molecule has 1 heterocycles. The van der Waals surface area contributed by atoms with E-state index in [1.807, 2.05) is 0 Å². The van der Waals surface area contributed by atoms with Crippen molar-refractivity contribution in [2.24, 2.45) is 0 Å². The van der Waals surface area contributed by atoms with Crippen LogP contribution in [0.4, 0.5) is 5.69 Å². The second-order valence-electron chi connectivity index (χ2n) is 5.85. The average molecular weight is 281 g/mol. The first-order chi connectivity index (χ1) is 9.08. The van der Waals surface area contributed by atoms with Gasteiger partial charge in [-0.25, -0.2) is 0 Å². The Kier molecular flexibility index (Phi) is 5.12. The van der Waals surface area contributed by atoms with E-state index in [0.717, 1.165) is 18.1 Å². The molecule has 1 aliphatic heterocycles. The summed E-state index contributed by atoms with van der Waals surface area (Å²) in [6, 6.07) is 7.61. The molecule has 0 saturated carbocycles. The zero-order valence-electron chi connectivity index (χ0n) is 12.2. The maximum Gasteiger partial charge on any atom is 0.0471 e.